The van der Waals surface area contributed by atoms with E-state index in [-0.39, 0.29) is 6.04 Å². The van der Waals surface area contributed by atoms with Crippen molar-refractivity contribution in [2.45, 2.75) is 70.8 Å². The minimum Gasteiger partial charge on any atom is -0.414 e. The molecule has 1 N–H and O–H groups in total. The molecule has 1 aliphatic heterocycles. The molecule has 1 aromatic heterocycles. The Hall–Kier alpha value is -2.25. The lowest BCUT2D eigenvalue weighted by molar-refractivity contribution is 0.259. The minimum absolute atomic E-state index is 0.0552. The van der Waals surface area contributed by atoms with E-state index in [0.717, 1.165) is 23.7 Å². The first-order valence-corrected chi connectivity index (χ1v) is 13.9. The molecule has 7 heteroatoms. The Kier molecular flexibility index (Phi) is 8.06. The van der Waals surface area contributed by atoms with Gasteiger partial charge in [-0.2, -0.15) is 0 Å². The summed E-state index contributed by atoms with van der Waals surface area (Å²) < 4.78 is 6.80. The summed E-state index contributed by atoms with van der Waals surface area (Å²) in [5, 5.41) is 3.49. The van der Waals surface area contributed by atoms with E-state index in [0.29, 0.717) is 29.8 Å². The molecule has 174 valence electrons. The largest absolute Gasteiger partial charge is 0.414 e. The van der Waals surface area contributed by atoms with Crippen LogP contribution in [-0.4, -0.2) is 50.7 Å². The van der Waals surface area contributed by atoms with Crippen molar-refractivity contribution in [3.8, 4) is 0 Å². The molecule has 32 heavy (non-hydrogen) atoms. The molecule has 1 aliphatic rings. The van der Waals surface area contributed by atoms with E-state index in [2.05, 4.69) is 93.0 Å². The Labute approximate surface area is 194 Å². The highest BCUT2D eigenvalue weighted by atomic mass is 28.4. The van der Waals surface area contributed by atoms with Crippen molar-refractivity contribution in [3.63, 3.8) is 0 Å². The van der Waals surface area contributed by atoms with Crippen LogP contribution in [0.1, 0.15) is 52.7 Å². The van der Waals surface area contributed by atoms with Gasteiger partial charge in [-0.1, -0.05) is 71.9 Å². The molecule has 0 amide bonds. The number of aromatic nitrogens is 2. The monoisotopic (exact) mass is 453 g/mol. The molecule has 0 saturated carbocycles. The number of hydrogen-bond donors (Lipinski definition) is 1. The highest BCUT2D eigenvalue weighted by Gasteiger charge is 2.45. The molecule has 0 fully saturated rings. The minimum atomic E-state index is -1.92. The van der Waals surface area contributed by atoms with E-state index in [1.165, 1.54) is 5.56 Å². The van der Waals surface area contributed by atoms with Gasteiger partial charge in [-0.25, -0.2) is 9.97 Å². The maximum Gasteiger partial charge on any atom is 0.200 e. The number of aliphatic imine (C=N–C) groups is 1. The Bertz CT molecular complexity index is 879. The number of nitrogens with zero attached hydrogens (tertiary/aromatic N) is 4. The molecular formula is C25H39N5OSi. The zero-order valence-electron chi connectivity index (χ0n) is 20.7. The predicted molar refractivity (Wildman–Crippen MR) is 137 cm³/mol. The first kappa shape index (κ1) is 24.4. The lowest BCUT2D eigenvalue weighted by Gasteiger charge is -2.42. The van der Waals surface area contributed by atoms with Gasteiger partial charge in [0.25, 0.3) is 0 Å². The van der Waals surface area contributed by atoms with Crippen LogP contribution in [0, 0.1) is 0 Å². The van der Waals surface area contributed by atoms with Crippen molar-refractivity contribution in [1.82, 2.24) is 9.97 Å². The molecule has 1 atom stereocenters. The van der Waals surface area contributed by atoms with E-state index in [1.807, 2.05) is 12.3 Å². The number of rotatable bonds is 9. The van der Waals surface area contributed by atoms with Crippen LogP contribution in [0.3, 0.4) is 0 Å². The van der Waals surface area contributed by atoms with Gasteiger partial charge in [-0.3, -0.25) is 4.99 Å². The van der Waals surface area contributed by atoms with Crippen LogP contribution in [0.25, 0.3) is 0 Å². The molecule has 0 radical (unpaired) electrons. The summed E-state index contributed by atoms with van der Waals surface area (Å²) in [6.45, 7) is 16.0. The van der Waals surface area contributed by atoms with E-state index < -0.39 is 8.32 Å². The van der Waals surface area contributed by atoms with Gasteiger partial charge in [0.05, 0.1) is 18.2 Å². The average Bonchev–Trinajstić information content (AvgIpc) is 2.96. The first-order chi connectivity index (χ1) is 15.3. The van der Waals surface area contributed by atoms with Gasteiger partial charge in [0.2, 0.25) is 0 Å². The summed E-state index contributed by atoms with van der Waals surface area (Å²) in [5.41, 5.74) is 3.86. The van der Waals surface area contributed by atoms with Crippen LogP contribution in [0.5, 0.6) is 0 Å². The fourth-order valence-corrected chi connectivity index (χ4v) is 10.7. The Balaban J connectivity index is 1.76. The molecule has 1 aromatic carbocycles. The van der Waals surface area contributed by atoms with Gasteiger partial charge >= 0.3 is 0 Å². The van der Waals surface area contributed by atoms with Gasteiger partial charge in [-0.15, -0.1) is 0 Å². The third kappa shape index (κ3) is 5.21. The second-order valence-corrected chi connectivity index (χ2v) is 15.2. The molecule has 0 bridgehead atoms. The molecule has 0 spiro atoms. The van der Waals surface area contributed by atoms with Crippen LogP contribution in [0.15, 0.2) is 41.7 Å². The van der Waals surface area contributed by atoms with Crippen LogP contribution < -0.4 is 10.2 Å². The second-order valence-electron chi connectivity index (χ2n) is 9.74. The first-order valence-electron chi connectivity index (χ1n) is 11.8. The molecule has 0 saturated heterocycles. The molecule has 2 heterocycles. The molecule has 2 aromatic rings. The molecule has 0 aliphatic carbocycles. The van der Waals surface area contributed by atoms with E-state index in [1.54, 1.807) is 6.33 Å². The van der Waals surface area contributed by atoms with E-state index >= 15 is 0 Å². The second kappa shape index (κ2) is 10.6. The van der Waals surface area contributed by atoms with Crippen molar-refractivity contribution in [2.24, 2.45) is 4.99 Å². The zero-order chi connectivity index (χ0) is 23.3. The number of benzene rings is 1. The van der Waals surface area contributed by atoms with Crippen LogP contribution in [-0.2, 0) is 11.0 Å². The SMILES string of the molecule is CC(C)[Si](OCC1CNc2ncnc(N(C)Cc3ccccc3)c2C=N1)(C(C)C)C(C)C. The lowest BCUT2D eigenvalue weighted by Crippen LogP contribution is -2.49. The smallest absolute Gasteiger partial charge is 0.200 e. The van der Waals surface area contributed by atoms with Gasteiger partial charge in [0.15, 0.2) is 8.32 Å². The number of hydrogen-bond acceptors (Lipinski definition) is 6. The Morgan fingerprint density at radius 1 is 1.03 bits per heavy atom. The van der Waals surface area contributed by atoms with E-state index in [4.69, 9.17) is 9.42 Å². The fraction of sp³-hybridized carbons (Fsp3) is 0.560. The topological polar surface area (TPSA) is 62.6 Å². The summed E-state index contributed by atoms with van der Waals surface area (Å²) in [4.78, 5) is 16.1. The van der Waals surface area contributed by atoms with Crippen molar-refractivity contribution >= 4 is 26.2 Å². The van der Waals surface area contributed by atoms with E-state index in [9.17, 15) is 0 Å². The summed E-state index contributed by atoms with van der Waals surface area (Å²) in [6.07, 6.45) is 3.56. The molecule has 6 nitrogen and oxygen atoms in total. The van der Waals surface area contributed by atoms with Crippen molar-refractivity contribution < 1.29 is 4.43 Å². The predicted octanol–water partition coefficient (Wildman–Crippen LogP) is 5.52. The van der Waals surface area contributed by atoms with Crippen LogP contribution in [0.2, 0.25) is 16.6 Å². The quantitative estimate of drug-likeness (QED) is 0.507. The maximum absolute atomic E-state index is 6.80. The third-order valence-electron chi connectivity index (χ3n) is 6.64. The number of fused-ring (bicyclic) bond motifs is 1. The fourth-order valence-electron chi connectivity index (χ4n) is 5.17. The van der Waals surface area contributed by atoms with Crippen molar-refractivity contribution in [3.05, 3.63) is 47.8 Å². The normalized spacial score (nSPS) is 16.2. The summed E-state index contributed by atoms with van der Waals surface area (Å²) in [5.74, 6) is 1.72. The Morgan fingerprint density at radius 2 is 1.69 bits per heavy atom. The number of anilines is 2. The maximum atomic E-state index is 6.80. The highest BCUT2D eigenvalue weighted by Crippen LogP contribution is 2.42. The van der Waals surface area contributed by atoms with Gasteiger partial charge in [-0.05, 0) is 22.2 Å². The standard InChI is InChI=1S/C25H39N5OSi/c1-18(2)32(19(3)4,20(5)6)31-16-22-13-27-24-23(14-26-22)25(29-17-28-24)30(7)15-21-11-9-8-10-12-21/h8-12,14,17-20,22H,13,15-16H2,1-7H3,(H,27,28,29). The van der Waals surface area contributed by atoms with Gasteiger partial charge in [0.1, 0.15) is 18.0 Å². The van der Waals surface area contributed by atoms with Crippen LogP contribution in [0.4, 0.5) is 11.6 Å². The highest BCUT2D eigenvalue weighted by molar-refractivity contribution is 6.77. The average molecular weight is 454 g/mol. The summed E-state index contributed by atoms with van der Waals surface area (Å²) in [6, 6.07) is 10.5. The van der Waals surface area contributed by atoms with Crippen LogP contribution >= 0.6 is 0 Å². The van der Waals surface area contributed by atoms with Gasteiger partial charge < -0.3 is 14.6 Å². The summed E-state index contributed by atoms with van der Waals surface area (Å²) in [7, 11) is 0.141. The molecule has 1 unspecified atom stereocenters. The molecule has 3 rings (SSSR count). The Morgan fingerprint density at radius 3 is 2.31 bits per heavy atom. The van der Waals surface area contributed by atoms with Crippen molar-refractivity contribution in [1.29, 1.82) is 0 Å². The third-order valence-corrected chi connectivity index (χ3v) is 12.7. The summed E-state index contributed by atoms with van der Waals surface area (Å²) >= 11 is 0. The number of nitrogens with one attached hydrogen (secondary N) is 1. The zero-order valence-corrected chi connectivity index (χ0v) is 21.7. The van der Waals surface area contributed by atoms with Gasteiger partial charge in [0, 0.05) is 26.4 Å². The van der Waals surface area contributed by atoms with Crippen molar-refractivity contribution in [2.75, 3.05) is 30.4 Å². The molecular weight excluding hydrogens is 414 g/mol. The lowest BCUT2D eigenvalue weighted by atomic mass is 10.2.